The fraction of sp³-hybridized carbons (Fsp3) is 0.280. The van der Waals surface area contributed by atoms with Gasteiger partial charge in [-0.1, -0.05) is 28.7 Å². The van der Waals surface area contributed by atoms with Crippen molar-refractivity contribution in [3.05, 3.63) is 86.5 Å². The molecule has 2 aromatic heterocycles. The van der Waals surface area contributed by atoms with Gasteiger partial charge in [0.15, 0.2) is 0 Å². The summed E-state index contributed by atoms with van der Waals surface area (Å²) < 4.78 is 7.41. The number of alkyl halides is 1. The van der Waals surface area contributed by atoms with Crippen LogP contribution in [0.5, 0.6) is 0 Å². The Labute approximate surface area is 225 Å². The number of aromatic nitrogens is 1. The number of pyridine rings is 1. The zero-order chi connectivity index (χ0) is 25.7. The predicted octanol–water partition coefficient (Wildman–Crippen LogP) is 3.20. The van der Waals surface area contributed by atoms with Crippen molar-refractivity contribution >= 4 is 51.8 Å². The molecule has 3 aromatic rings. The van der Waals surface area contributed by atoms with Gasteiger partial charge in [-0.05, 0) is 49.4 Å². The monoisotopic (exact) mass is 620 g/mol. The normalized spacial score (nSPS) is 17.0. The Bertz CT molecular complexity index is 1310. The van der Waals surface area contributed by atoms with E-state index >= 15 is 0 Å². The molecular formula is C25H25IN4O5S. The van der Waals surface area contributed by atoms with Crippen LogP contribution in [0.3, 0.4) is 0 Å². The van der Waals surface area contributed by atoms with Crippen LogP contribution in [-0.4, -0.2) is 59.2 Å². The van der Waals surface area contributed by atoms with Crippen LogP contribution < -0.4 is 16.2 Å². The van der Waals surface area contributed by atoms with E-state index in [2.05, 4.69) is 33.2 Å². The summed E-state index contributed by atoms with van der Waals surface area (Å²) in [4.78, 5) is 53.4. The first-order valence-corrected chi connectivity index (χ1v) is 13.7. The largest absolute Gasteiger partial charge is 0.450 e. The second-order valence-electron chi connectivity index (χ2n) is 8.12. The van der Waals surface area contributed by atoms with Gasteiger partial charge in [0.2, 0.25) is 0 Å². The molecule has 0 aliphatic carbocycles. The number of carbonyl (C=O) groups is 3. The minimum absolute atomic E-state index is 0.172. The van der Waals surface area contributed by atoms with Crippen molar-refractivity contribution < 1.29 is 19.1 Å². The topological polar surface area (TPSA) is 110 Å². The molecule has 188 valence electrons. The van der Waals surface area contributed by atoms with Gasteiger partial charge in [-0.25, -0.2) is 4.79 Å². The van der Waals surface area contributed by atoms with Crippen LogP contribution in [0.15, 0.2) is 65.6 Å². The molecule has 9 nitrogen and oxygen atoms in total. The van der Waals surface area contributed by atoms with Gasteiger partial charge in [0, 0.05) is 45.9 Å². The van der Waals surface area contributed by atoms with Crippen molar-refractivity contribution in [3.8, 4) is 5.69 Å². The average Bonchev–Trinajstić information content (AvgIpc) is 3.52. The van der Waals surface area contributed by atoms with Crippen molar-refractivity contribution in [1.82, 2.24) is 20.1 Å². The summed E-state index contributed by atoms with van der Waals surface area (Å²) in [7, 11) is 0. The summed E-state index contributed by atoms with van der Waals surface area (Å²) in [5.41, 5.74) is 0.862. The maximum atomic E-state index is 13.0. The smallest absolute Gasteiger partial charge is 0.409 e. The van der Waals surface area contributed by atoms with Crippen LogP contribution in [-0.2, 0) is 9.16 Å². The zero-order valence-electron chi connectivity index (χ0n) is 19.5. The highest BCUT2D eigenvalue weighted by molar-refractivity contribution is 14.1. The van der Waals surface area contributed by atoms with Crippen LogP contribution in [0, 0.1) is 0 Å². The first-order valence-electron chi connectivity index (χ1n) is 11.4. The molecule has 2 N–H and O–H groups in total. The van der Waals surface area contributed by atoms with Crippen molar-refractivity contribution in [1.29, 1.82) is 0 Å². The highest BCUT2D eigenvalue weighted by Crippen LogP contribution is 2.20. The number of nitrogens with zero attached hydrogens (tertiary/aromatic N) is 2. The molecule has 0 radical (unpaired) electrons. The SMILES string of the molecule is CCOC(=O)N1C[C@H](NC(=O)c2ccc(-n3ccccc3=O)cc2)[C@H](NC(=O)c2ccc(CI)s2)C1. The lowest BCUT2D eigenvalue weighted by molar-refractivity contribution is 0.0898. The average molecular weight is 620 g/mol. The second-order valence-corrected chi connectivity index (χ2v) is 10.1. The molecule has 0 bridgehead atoms. The van der Waals surface area contributed by atoms with E-state index in [0.717, 1.165) is 9.30 Å². The number of hydrogen-bond donors (Lipinski definition) is 2. The molecule has 36 heavy (non-hydrogen) atoms. The number of hydrogen-bond acceptors (Lipinski definition) is 6. The van der Waals surface area contributed by atoms with Crippen molar-refractivity contribution in [2.75, 3.05) is 19.7 Å². The Morgan fingerprint density at radius 3 is 2.31 bits per heavy atom. The number of likely N-dealkylation sites (tertiary alicyclic amines) is 1. The van der Waals surface area contributed by atoms with Crippen molar-refractivity contribution in [2.24, 2.45) is 0 Å². The van der Waals surface area contributed by atoms with E-state index < -0.39 is 18.2 Å². The highest BCUT2D eigenvalue weighted by Gasteiger charge is 2.38. The van der Waals surface area contributed by atoms with E-state index in [1.807, 2.05) is 6.07 Å². The Kier molecular flexibility index (Phi) is 8.41. The zero-order valence-corrected chi connectivity index (χ0v) is 22.5. The number of halogens is 1. The van der Waals surface area contributed by atoms with Crippen molar-refractivity contribution in [2.45, 2.75) is 23.4 Å². The summed E-state index contributed by atoms with van der Waals surface area (Å²) in [6, 6.07) is 14.2. The molecule has 1 fully saturated rings. The van der Waals surface area contributed by atoms with Crippen LogP contribution in [0.4, 0.5) is 4.79 Å². The second kappa shape index (κ2) is 11.7. The molecule has 1 aliphatic heterocycles. The Morgan fingerprint density at radius 2 is 1.69 bits per heavy atom. The highest BCUT2D eigenvalue weighted by atomic mass is 127. The van der Waals surface area contributed by atoms with Gasteiger partial charge < -0.3 is 20.3 Å². The van der Waals surface area contributed by atoms with E-state index in [9.17, 15) is 19.2 Å². The number of nitrogens with one attached hydrogen (secondary N) is 2. The third-order valence-corrected chi connectivity index (χ3v) is 8.15. The molecule has 4 rings (SSSR count). The van der Waals surface area contributed by atoms with Crippen LogP contribution in [0.2, 0.25) is 0 Å². The molecule has 1 saturated heterocycles. The Balaban J connectivity index is 1.48. The molecular weight excluding hydrogens is 595 g/mol. The molecule has 3 amide bonds. The van der Waals surface area contributed by atoms with E-state index in [1.165, 1.54) is 26.9 Å². The Hall–Kier alpha value is -3.19. The first kappa shape index (κ1) is 25.9. The number of amides is 3. The quantitative estimate of drug-likeness (QED) is 0.312. The third kappa shape index (κ3) is 5.95. The third-order valence-electron chi connectivity index (χ3n) is 5.73. The van der Waals surface area contributed by atoms with Gasteiger partial charge in [0.05, 0.1) is 23.6 Å². The summed E-state index contributed by atoms with van der Waals surface area (Å²) in [5.74, 6) is -0.594. The number of benzene rings is 1. The van der Waals surface area contributed by atoms with E-state index in [-0.39, 0.29) is 37.1 Å². The molecule has 2 atom stereocenters. The Morgan fingerprint density at radius 1 is 1.00 bits per heavy atom. The van der Waals surface area contributed by atoms with Gasteiger partial charge in [0.25, 0.3) is 17.4 Å². The fourth-order valence-electron chi connectivity index (χ4n) is 3.94. The lowest BCUT2D eigenvalue weighted by Gasteiger charge is -2.20. The number of carbonyl (C=O) groups excluding carboxylic acids is 3. The van der Waals surface area contributed by atoms with Crippen LogP contribution >= 0.6 is 33.9 Å². The molecule has 0 spiro atoms. The molecule has 0 saturated carbocycles. The van der Waals surface area contributed by atoms with Crippen LogP contribution in [0.25, 0.3) is 5.69 Å². The number of thiophene rings is 1. The number of ether oxygens (including phenoxy) is 1. The van der Waals surface area contributed by atoms with Crippen LogP contribution in [0.1, 0.15) is 31.8 Å². The lowest BCUT2D eigenvalue weighted by Crippen LogP contribution is -2.50. The summed E-state index contributed by atoms with van der Waals surface area (Å²) in [6.07, 6.45) is 1.17. The lowest BCUT2D eigenvalue weighted by atomic mass is 10.1. The van der Waals surface area contributed by atoms with Gasteiger partial charge >= 0.3 is 6.09 Å². The van der Waals surface area contributed by atoms with E-state index in [4.69, 9.17) is 4.74 Å². The van der Waals surface area contributed by atoms with E-state index in [1.54, 1.807) is 55.6 Å². The first-order chi connectivity index (χ1) is 17.4. The van der Waals surface area contributed by atoms with Crippen molar-refractivity contribution in [3.63, 3.8) is 0 Å². The van der Waals surface area contributed by atoms with Gasteiger partial charge in [-0.3, -0.25) is 19.0 Å². The fourth-order valence-corrected chi connectivity index (χ4v) is 5.42. The number of rotatable bonds is 7. The summed E-state index contributed by atoms with van der Waals surface area (Å²) in [5, 5.41) is 5.92. The minimum Gasteiger partial charge on any atom is -0.450 e. The van der Waals surface area contributed by atoms with E-state index in [0.29, 0.717) is 16.1 Å². The summed E-state index contributed by atoms with van der Waals surface area (Å²) in [6.45, 7) is 2.38. The molecule has 1 aromatic carbocycles. The van der Waals surface area contributed by atoms with Gasteiger partial charge in [0.1, 0.15) is 0 Å². The molecule has 3 heterocycles. The maximum absolute atomic E-state index is 13.0. The molecule has 1 aliphatic rings. The molecule has 11 heteroatoms. The minimum atomic E-state index is -0.508. The van der Waals surface area contributed by atoms with Gasteiger partial charge in [-0.2, -0.15) is 0 Å². The molecule has 0 unspecified atom stereocenters. The maximum Gasteiger partial charge on any atom is 0.409 e. The standard InChI is InChI=1S/C25H25IN4O5S/c1-2-35-25(34)29-14-19(20(15-29)28-24(33)21-11-10-18(13-26)36-21)27-23(32)16-6-8-17(9-7-16)30-12-4-3-5-22(30)31/h3-12,19-20H,2,13-15H2,1H3,(H,27,32)(H,28,33)/t19-,20+/m0/s1. The predicted molar refractivity (Wildman–Crippen MR) is 145 cm³/mol. The van der Waals surface area contributed by atoms with Gasteiger partial charge in [-0.15, -0.1) is 11.3 Å². The summed E-state index contributed by atoms with van der Waals surface area (Å²) >= 11 is 3.66.